The van der Waals surface area contributed by atoms with Gasteiger partial charge in [-0.15, -0.1) is 19.7 Å². The van der Waals surface area contributed by atoms with Gasteiger partial charge in [-0.2, -0.15) is 11.8 Å². The molecule has 0 radical (unpaired) electrons. The Morgan fingerprint density at radius 3 is 1.80 bits per heavy atom. The van der Waals surface area contributed by atoms with Gasteiger partial charge in [-0.1, -0.05) is 30.4 Å². The minimum atomic E-state index is 0.313. The standard InChI is InChI=1S/C9H10O.C6H10S.C2H6O/c1-2-3-8-4-6-9(10)7-5-8;1-3-5-7-6-4-2;1-3-2/h2,4-7,10H,1,3H2;3-4H,1-2,5-6H2;1-2H3. The van der Waals surface area contributed by atoms with Crippen molar-refractivity contribution in [1.29, 1.82) is 0 Å². The Bertz CT molecular complexity index is 337. The van der Waals surface area contributed by atoms with Gasteiger partial charge in [-0.05, 0) is 24.1 Å². The van der Waals surface area contributed by atoms with Crippen molar-refractivity contribution in [3.8, 4) is 5.75 Å². The van der Waals surface area contributed by atoms with E-state index in [0.29, 0.717) is 5.75 Å². The normalized spacial score (nSPS) is 8.30. The molecule has 0 amide bonds. The van der Waals surface area contributed by atoms with Gasteiger partial charge in [0.05, 0.1) is 0 Å². The predicted molar refractivity (Wildman–Crippen MR) is 92.7 cm³/mol. The largest absolute Gasteiger partial charge is 0.508 e. The molecule has 0 bridgehead atoms. The smallest absolute Gasteiger partial charge is 0.115 e. The van der Waals surface area contributed by atoms with E-state index in [-0.39, 0.29) is 0 Å². The van der Waals surface area contributed by atoms with E-state index in [1.54, 1.807) is 26.4 Å². The fraction of sp³-hybridized carbons (Fsp3) is 0.294. The molecule has 0 aromatic heterocycles. The monoisotopic (exact) mass is 294 g/mol. The number of phenols is 1. The summed E-state index contributed by atoms with van der Waals surface area (Å²) in [5.74, 6) is 2.38. The summed E-state index contributed by atoms with van der Waals surface area (Å²) in [4.78, 5) is 0. The second-order valence-corrected chi connectivity index (χ2v) is 4.76. The predicted octanol–water partition coefficient (Wildman–Crippen LogP) is 4.47. The van der Waals surface area contributed by atoms with Crippen LogP contribution in [0.15, 0.2) is 62.2 Å². The van der Waals surface area contributed by atoms with Crippen molar-refractivity contribution in [2.24, 2.45) is 0 Å². The molecule has 0 aliphatic rings. The van der Waals surface area contributed by atoms with Crippen molar-refractivity contribution in [3.05, 3.63) is 67.8 Å². The minimum Gasteiger partial charge on any atom is -0.508 e. The van der Waals surface area contributed by atoms with Crippen molar-refractivity contribution in [2.45, 2.75) is 6.42 Å². The molecule has 0 spiro atoms. The molecule has 20 heavy (non-hydrogen) atoms. The Labute approximate surface area is 127 Å². The number of allylic oxidation sites excluding steroid dienone is 1. The molecule has 0 atom stereocenters. The molecule has 0 unspecified atom stereocenters. The maximum Gasteiger partial charge on any atom is 0.115 e. The van der Waals surface area contributed by atoms with E-state index >= 15 is 0 Å². The number of methoxy groups -OCH3 is 1. The molecule has 112 valence electrons. The van der Waals surface area contributed by atoms with Crippen LogP contribution in [0.25, 0.3) is 0 Å². The number of phenolic OH excluding ortho intramolecular Hbond substituents is 1. The van der Waals surface area contributed by atoms with Crippen LogP contribution in [0.5, 0.6) is 5.75 Å². The highest BCUT2D eigenvalue weighted by molar-refractivity contribution is 7.99. The summed E-state index contributed by atoms with van der Waals surface area (Å²) in [5.41, 5.74) is 1.17. The number of ether oxygens (including phenoxy) is 1. The maximum atomic E-state index is 8.90. The summed E-state index contributed by atoms with van der Waals surface area (Å²) in [5, 5.41) is 8.90. The summed E-state index contributed by atoms with van der Waals surface area (Å²) in [6.45, 7) is 10.8. The molecule has 2 nitrogen and oxygen atoms in total. The van der Waals surface area contributed by atoms with Gasteiger partial charge in [0.1, 0.15) is 5.75 Å². The fourth-order valence-electron chi connectivity index (χ4n) is 1.03. The second kappa shape index (κ2) is 17.6. The number of aromatic hydroxyl groups is 1. The van der Waals surface area contributed by atoms with Gasteiger partial charge < -0.3 is 9.84 Å². The van der Waals surface area contributed by atoms with Gasteiger partial charge >= 0.3 is 0 Å². The van der Waals surface area contributed by atoms with Gasteiger partial charge in [0.2, 0.25) is 0 Å². The molecule has 3 heteroatoms. The number of rotatable bonds is 6. The first-order valence-electron chi connectivity index (χ1n) is 6.24. The number of hydrogen-bond acceptors (Lipinski definition) is 3. The van der Waals surface area contributed by atoms with Gasteiger partial charge in [0, 0.05) is 25.7 Å². The van der Waals surface area contributed by atoms with Crippen LogP contribution in [0.4, 0.5) is 0 Å². The van der Waals surface area contributed by atoms with Crippen LogP contribution in [0, 0.1) is 0 Å². The van der Waals surface area contributed by atoms with E-state index in [4.69, 9.17) is 5.11 Å². The SMILES string of the molecule is C=CCSCC=C.C=CCc1ccc(O)cc1.COC. The highest BCUT2D eigenvalue weighted by atomic mass is 32.2. The zero-order valence-corrected chi connectivity index (χ0v) is 13.4. The zero-order valence-electron chi connectivity index (χ0n) is 12.5. The highest BCUT2D eigenvalue weighted by Crippen LogP contribution is 2.09. The van der Waals surface area contributed by atoms with Gasteiger partial charge in [-0.3, -0.25) is 0 Å². The van der Waals surface area contributed by atoms with E-state index < -0.39 is 0 Å². The molecule has 0 saturated carbocycles. The summed E-state index contributed by atoms with van der Waals surface area (Å²) in [6.07, 6.45) is 6.50. The van der Waals surface area contributed by atoms with Crippen molar-refractivity contribution in [2.75, 3.05) is 25.7 Å². The lowest BCUT2D eigenvalue weighted by molar-refractivity contribution is 0.277. The maximum absolute atomic E-state index is 8.90. The zero-order chi connectivity index (χ0) is 15.6. The van der Waals surface area contributed by atoms with Crippen molar-refractivity contribution in [1.82, 2.24) is 0 Å². The number of hydrogen-bond donors (Lipinski definition) is 1. The molecular formula is C17H26O2S. The van der Waals surface area contributed by atoms with Crippen LogP contribution in [-0.2, 0) is 11.2 Å². The van der Waals surface area contributed by atoms with E-state index in [1.165, 1.54) is 5.56 Å². The number of benzene rings is 1. The molecule has 1 rings (SSSR count). The van der Waals surface area contributed by atoms with Crippen molar-refractivity contribution < 1.29 is 9.84 Å². The third kappa shape index (κ3) is 16.6. The van der Waals surface area contributed by atoms with Crippen LogP contribution in [0.1, 0.15) is 5.56 Å². The Hall–Kier alpha value is -1.45. The van der Waals surface area contributed by atoms with E-state index in [9.17, 15) is 0 Å². The molecule has 1 N–H and O–H groups in total. The van der Waals surface area contributed by atoms with E-state index in [1.807, 2.05) is 42.1 Å². The molecule has 0 heterocycles. The summed E-state index contributed by atoms with van der Waals surface area (Å²) in [6, 6.07) is 7.13. The van der Waals surface area contributed by atoms with Gasteiger partial charge in [0.25, 0.3) is 0 Å². The molecule has 1 aromatic carbocycles. The quantitative estimate of drug-likeness (QED) is 0.620. The Kier molecular flexibility index (Phi) is 18.3. The molecule has 0 aliphatic heterocycles. The first-order valence-corrected chi connectivity index (χ1v) is 7.40. The fourth-order valence-corrected chi connectivity index (χ4v) is 1.50. The van der Waals surface area contributed by atoms with E-state index in [2.05, 4.69) is 24.5 Å². The van der Waals surface area contributed by atoms with Gasteiger partial charge in [0.15, 0.2) is 0 Å². The lowest BCUT2D eigenvalue weighted by Crippen LogP contribution is -1.77. The Balaban J connectivity index is 0. The minimum absolute atomic E-state index is 0.313. The Morgan fingerprint density at radius 1 is 1.00 bits per heavy atom. The Morgan fingerprint density at radius 2 is 1.45 bits per heavy atom. The summed E-state index contributed by atoms with van der Waals surface area (Å²) >= 11 is 1.82. The molecular weight excluding hydrogens is 268 g/mol. The van der Waals surface area contributed by atoms with Crippen LogP contribution in [-0.4, -0.2) is 30.8 Å². The lowest BCUT2D eigenvalue weighted by Gasteiger charge is -1.94. The van der Waals surface area contributed by atoms with Crippen LogP contribution >= 0.6 is 11.8 Å². The first kappa shape index (κ1) is 20.9. The lowest BCUT2D eigenvalue weighted by atomic mass is 10.1. The highest BCUT2D eigenvalue weighted by Gasteiger charge is 1.87. The molecule has 0 saturated heterocycles. The summed E-state index contributed by atoms with van der Waals surface area (Å²) < 4.78 is 4.25. The van der Waals surface area contributed by atoms with Crippen LogP contribution in [0.3, 0.4) is 0 Å². The summed E-state index contributed by atoms with van der Waals surface area (Å²) in [7, 11) is 3.25. The third-order valence-corrected chi connectivity index (χ3v) is 2.73. The number of thioether (sulfide) groups is 1. The first-order chi connectivity index (χ1) is 9.65. The molecule has 0 aliphatic carbocycles. The van der Waals surface area contributed by atoms with Crippen LogP contribution < -0.4 is 0 Å². The van der Waals surface area contributed by atoms with Crippen molar-refractivity contribution >= 4 is 11.8 Å². The third-order valence-electron chi connectivity index (χ3n) is 1.79. The van der Waals surface area contributed by atoms with Crippen molar-refractivity contribution in [3.63, 3.8) is 0 Å². The molecule has 0 fully saturated rings. The van der Waals surface area contributed by atoms with Gasteiger partial charge in [-0.25, -0.2) is 0 Å². The molecule has 1 aromatic rings. The topological polar surface area (TPSA) is 29.5 Å². The second-order valence-electron chi connectivity index (χ2n) is 3.68. The van der Waals surface area contributed by atoms with E-state index in [0.717, 1.165) is 17.9 Å². The van der Waals surface area contributed by atoms with Crippen LogP contribution in [0.2, 0.25) is 0 Å². The average molecular weight is 294 g/mol. The average Bonchev–Trinajstić information content (AvgIpc) is 2.44.